The van der Waals surface area contributed by atoms with Crippen molar-refractivity contribution in [1.29, 1.82) is 0 Å². The van der Waals surface area contributed by atoms with Gasteiger partial charge in [-0.05, 0) is 6.07 Å². The summed E-state index contributed by atoms with van der Waals surface area (Å²) < 4.78 is 1.88. The van der Waals surface area contributed by atoms with Gasteiger partial charge in [0.25, 0.3) is 0 Å². The van der Waals surface area contributed by atoms with Gasteiger partial charge in [0.15, 0.2) is 5.69 Å². The molecule has 2 aromatic heterocycles. The number of aromatic carboxylic acids is 1. The molecule has 1 N–H and O–H groups in total. The van der Waals surface area contributed by atoms with Crippen LogP contribution in [0.2, 0.25) is 0 Å². The zero-order valence-electron chi connectivity index (χ0n) is 12.6. The zero-order valence-corrected chi connectivity index (χ0v) is 13.4. The van der Waals surface area contributed by atoms with E-state index in [-0.39, 0.29) is 5.69 Å². The summed E-state index contributed by atoms with van der Waals surface area (Å²) in [5, 5.41) is 17.1. The summed E-state index contributed by atoms with van der Waals surface area (Å²) in [6.07, 6.45) is 0. The van der Waals surface area contributed by atoms with Crippen molar-refractivity contribution in [3.8, 4) is 11.3 Å². The molecule has 4 rings (SSSR count). The molecule has 0 amide bonds. The summed E-state index contributed by atoms with van der Waals surface area (Å²) in [5.41, 5.74) is 3.05. The SMILES string of the molecule is O=C(O)c1csc(Cn2nc(-c3ccccc3)c3ccccc32)n1. The van der Waals surface area contributed by atoms with E-state index in [2.05, 4.69) is 4.98 Å². The number of fused-ring (bicyclic) bond motifs is 1. The van der Waals surface area contributed by atoms with E-state index >= 15 is 0 Å². The number of hydrogen-bond acceptors (Lipinski definition) is 4. The van der Waals surface area contributed by atoms with Crippen molar-refractivity contribution in [3.63, 3.8) is 0 Å². The van der Waals surface area contributed by atoms with Crippen LogP contribution in [0.15, 0.2) is 60.0 Å². The predicted octanol–water partition coefficient (Wildman–Crippen LogP) is 3.91. The Bertz CT molecular complexity index is 1020. The van der Waals surface area contributed by atoms with Crippen LogP contribution in [0.5, 0.6) is 0 Å². The maximum Gasteiger partial charge on any atom is 0.355 e. The quantitative estimate of drug-likeness (QED) is 0.614. The lowest BCUT2D eigenvalue weighted by Crippen LogP contribution is -2.03. The third kappa shape index (κ3) is 2.57. The Kier molecular flexibility index (Phi) is 3.59. The van der Waals surface area contributed by atoms with Crippen molar-refractivity contribution >= 4 is 28.2 Å². The molecular weight excluding hydrogens is 322 g/mol. The van der Waals surface area contributed by atoms with Crippen LogP contribution in [0.25, 0.3) is 22.2 Å². The van der Waals surface area contributed by atoms with Crippen molar-refractivity contribution in [2.75, 3.05) is 0 Å². The van der Waals surface area contributed by atoms with Crippen LogP contribution in [-0.4, -0.2) is 25.8 Å². The van der Waals surface area contributed by atoms with E-state index in [1.165, 1.54) is 11.3 Å². The minimum Gasteiger partial charge on any atom is -0.476 e. The van der Waals surface area contributed by atoms with Crippen molar-refractivity contribution in [2.45, 2.75) is 6.54 Å². The van der Waals surface area contributed by atoms with Gasteiger partial charge in [0.05, 0.1) is 12.1 Å². The number of nitrogens with zero attached hydrogens (tertiary/aromatic N) is 3. The molecule has 0 aliphatic carbocycles. The molecule has 0 fully saturated rings. The summed E-state index contributed by atoms with van der Waals surface area (Å²) in [7, 11) is 0. The van der Waals surface area contributed by atoms with Gasteiger partial charge in [0, 0.05) is 16.3 Å². The van der Waals surface area contributed by atoms with E-state index in [9.17, 15) is 4.79 Å². The minimum atomic E-state index is -1.01. The monoisotopic (exact) mass is 335 g/mol. The molecule has 0 spiro atoms. The van der Waals surface area contributed by atoms with Crippen molar-refractivity contribution < 1.29 is 9.90 Å². The summed E-state index contributed by atoms with van der Waals surface area (Å²) in [5.74, 6) is -1.01. The van der Waals surface area contributed by atoms with E-state index in [0.29, 0.717) is 6.54 Å². The van der Waals surface area contributed by atoms with Gasteiger partial charge >= 0.3 is 5.97 Å². The molecule has 118 valence electrons. The summed E-state index contributed by atoms with van der Waals surface area (Å²) in [6.45, 7) is 0.450. The predicted molar refractivity (Wildman–Crippen MR) is 93.3 cm³/mol. The lowest BCUT2D eigenvalue weighted by atomic mass is 10.1. The van der Waals surface area contributed by atoms with Crippen LogP contribution >= 0.6 is 11.3 Å². The van der Waals surface area contributed by atoms with E-state index in [1.54, 1.807) is 5.38 Å². The third-order valence-electron chi connectivity index (χ3n) is 3.76. The molecular formula is C18H13N3O2S. The molecule has 0 aliphatic rings. The Morgan fingerprint density at radius 1 is 1.08 bits per heavy atom. The van der Waals surface area contributed by atoms with Crippen LogP contribution in [0, 0.1) is 0 Å². The molecule has 0 saturated heterocycles. The molecule has 4 aromatic rings. The Morgan fingerprint density at radius 3 is 2.58 bits per heavy atom. The number of carbonyl (C=O) groups is 1. The molecule has 0 bridgehead atoms. The maximum absolute atomic E-state index is 11.0. The summed E-state index contributed by atoms with van der Waals surface area (Å²) in [6, 6.07) is 18.0. The first-order valence-corrected chi connectivity index (χ1v) is 8.29. The Labute approximate surface area is 141 Å². The third-order valence-corrected chi connectivity index (χ3v) is 4.59. The number of hydrogen-bond donors (Lipinski definition) is 1. The fourth-order valence-electron chi connectivity index (χ4n) is 2.67. The normalized spacial score (nSPS) is 11.0. The topological polar surface area (TPSA) is 68.0 Å². The minimum absolute atomic E-state index is 0.0785. The van der Waals surface area contributed by atoms with E-state index in [0.717, 1.165) is 27.2 Å². The highest BCUT2D eigenvalue weighted by Crippen LogP contribution is 2.28. The van der Waals surface area contributed by atoms with Crippen LogP contribution in [0.4, 0.5) is 0 Å². The molecule has 5 nitrogen and oxygen atoms in total. The summed E-state index contributed by atoms with van der Waals surface area (Å²) >= 11 is 1.33. The molecule has 0 unspecified atom stereocenters. The van der Waals surface area contributed by atoms with Gasteiger partial charge in [-0.15, -0.1) is 11.3 Å². The van der Waals surface area contributed by atoms with Crippen molar-refractivity contribution in [1.82, 2.24) is 14.8 Å². The average molecular weight is 335 g/mol. The van der Waals surface area contributed by atoms with Crippen LogP contribution in [0.1, 0.15) is 15.5 Å². The summed E-state index contributed by atoms with van der Waals surface area (Å²) in [4.78, 5) is 15.1. The zero-order chi connectivity index (χ0) is 16.5. The Hall–Kier alpha value is -2.99. The second-order valence-electron chi connectivity index (χ2n) is 5.32. The first-order chi connectivity index (χ1) is 11.7. The number of aromatic nitrogens is 3. The highest BCUT2D eigenvalue weighted by atomic mass is 32.1. The number of thiazole rings is 1. The largest absolute Gasteiger partial charge is 0.476 e. The van der Waals surface area contributed by atoms with Gasteiger partial charge in [-0.1, -0.05) is 48.5 Å². The molecule has 2 aromatic carbocycles. The standard InChI is InChI=1S/C18H13N3O2S/c22-18(23)14-11-24-16(19-14)10-21-15-9-5-4-8-13(15)17(20-21)12-6-2-1-3-7-12/h1-9,11H,10H2,(H,22,23). The number of benzene rings is 2. The fraction of sp³-hybridized carbons (Fsp3) is 0.0556. The van der Waals surface area contributed by atoms with Crippen LogP contribution in [0.3, 0.4) is 0 Å². The van der Waals surface area contributed by atoms with E-state index < -0.39 is 5.97 Å². The lowest BCUT2D eigenvalue weighted by Gasteiger charge is -1.99. The molecule has 24 heavy (non-hydrogen) atoms. The molecule has 6 heteroatoms. The van der Waals surface area contributed by atoms with Gasteiger partial charge in [-0.25, -0.2) is 9.78 Å². The van der Waals surface area contributed by atoms with Gasteiger partial charge in [0.2, 0.25) is 0 Å². The second kappa shape index (κ2) is 5.90. The first-order valence-electron chi connectivity index (χ1n) is 7.41. The van der Waals surface area contributed by atoms with Crippen molar-refractivity contribution in [2.24, 2.45) is 0 Å². The number of para-hydroxylation sites is 1. The number of rotatable bonds is 4. The van der Waals surface area contributed by atoms with Gasteiger partial charge in [-0.2, -0.15) is 5.10 Å². The molecule has 0 aliphatic heterocycles. The number of carboxylic acids is 1. The average Bonchev–Trinajstić information content (AvgIpc) is 3.22. The van der Waals surface area contributed by atoms with E-state index in [4.69, 9.17) is 10.2 Å². The van der Waals surface area contributed by atoms with Gasteiger partial charge in [-0.3, -0.25) is 4.68 Å². The Balaban J connectivity index is 1.79. The fourth-order valence-corrected chi connectivity index (χ4v) is 3.42. The highest BCUT2D eigenvalue weighted by molar-refractivity contribution is 7.09. The molecule has 2 heterocycles. The van der Waals surface area contributed by atoms with Crippen molar-refractivity contribution in [3.05, 3.63) is 70.7 Å². The van der Waals surface area contributed by atoms with Gasteiger partial charge < -0.3 is 5.11 Å². The highest BCUT2D eigenvalue weighted by Gasteiger charge is 2.14. The smallest absolute Gasteiger partial charge is 0.355 e. The van der Waals surface area contributed by atoms with Gasteiger partial charge in [0.1, 0.15) is 10.7 Å². The molecule has 0 radical (unpaired) electrons. The molecule has 0 atom stereocenters. The van der Waals surface area contributed by atoms with Crippen LogP contribution < -0.4 is 0 Å². The first kappa shape index (κ1) is 14.6. The Morgan fingerprint density at radius 2 is 1.83 bits per heavy atom. The maximum atomic E-state index is 11.0. The van der Waals surface area contributed by atoms with Crippen LogP contribution in [-0.2, 0) is 6.54 Å². The van der Waals surface area contributed by atoms with E-state index in [1.807, 2.05) is 59.3 Å². The lowest BCUT2D eigenvalue weighted by molar-refractivity contribution is 0.0691. The molecule has 0 saturated carbocycles. The second-order valence-corrected chi connectivity index (χ2v) is 6.26. The number of carboxylic acid groups (broad SMARTS) is 1.